The Morgan fingerprint density at radius 3 is 2.79 bits per heavy atom. The summed E-state index contributed by atoms with van der Waals surface area (Å²) in [6.07, 6.45) is 1.09. The predicted molar refractivity (Wildman–Crippen MR) is 153 cm³/mol. The SMILES string of the molecule is C[C@@H](CCCNc1c(N)cnc2ccc(Br)cc12)Oc1ccc(F)cc1[C@H]1C[C@H](F)CN1C(=O)OC(C)(C)C. The van der Waals surface area contributed by atoms with Crippen LogP contribution in [0.1, 0.15) is 58.6 Å². The van der Waals surface area contributed by atoms with Crippen LogP contribution in [0.3, 0.4) is 0 Å². The first-order valence-electron chi connectivity index (χ1n) is 13.1. The number of likely N-dealkylation sites (tertiary alicyclic amines) is 1. The first-order chi connectivity index (χ1) is 18.4. The Balaban J connectivity index is 1.41. The number of hydrogen-bond donors (Lipinski definition) is 2. The monoisotopic (exact) mass is 604 g/mol. The standard InChI is InChI=1S/C29H35BrF2N4O3/c1-17(6-5-11-34-27-21-12-18(30)7-9-24(21)35-15-23(27)33)38-26-10-8-19(31)13-22(26)25-14-20(32)16-36(25)28(37)39-29(2,3)4/h7-10,12-13,15,17,20,25H,5-6,11,14,16,33H2,1-4H3,(H,34,35)/t17-,20-,25+/m0/s1. The normalized spacial score (nSPS) is 18.3. The van der Waals surface area contributed by atoms with Gasteiger partial charge in [0.05, 0.1) is 41.8 Å². The lowest BCUT2D eigenvalue weighted by Gasteiger charge is -2.29. The minimum atomic E-state index is -1.24. The highest BCUT2D eigenvalue weighted by atomic mass is 79.9. The number of nitrogen functional groups attached to an aromatic ring is 1. The van der Waals surface area contributed by atoms with E-state index in [9.17, 15) is 13.6 Å². The van der Waals surface area contributed by atoms with Crippen LogP contribution >= 0.6 is 15.9 Å². The van der Waals surface area contributed by atoms with Crippen molar-refractivity contribution in [1.82, 2.24) is 9.88 Å². The van der Waals surface area contributed by atoms with E-state index in [-0.39, 0.29) is 19.1 Å². The second kappa shape index (κ2) is 11.9. The van der Waals surface area contributed by atoms with E-state index in [0.717, 1.165) is 27.5 Å². The molecule has 0 unspecified atom stereocenters. The van der Waals surface area contributed by atoms with E-state index in [0.29, 0.717) is 30.0 Å². The van der Waals surface area contributed by atoms with Crippen molar-refractivity contribution in [2.75, 3.05) is 24.1 Å². The molecule has 0 radical (unpaired) electrons. The molecule has 2 heterocycles. The number of carbonyl (C=O) groups is 1. The van der Waals surface area contributed by atoms with Crippen molar-refractivity contribution in [2.24, 2.45) is 0 Å². The molecule has 0 bridgehead atoms. The first-order valence-corrected chi connectivity index (χ1v) is 13.9. The molecule has 3 aromatic rings. The summed E-state index contributed by atoms with van der Waals surface area (Å²) in [5, 5.41) is 4.35. The van der Waals surface area contributed by atoms with Crippen LogP contribution in [0.15, 0.2) is 47.1 Å². The fourth-order valence-electron chi connectivity index (χ4n) is 4.75. The van der Waals surface area contributed by atoms with Gasteiger partial charge in [0.15, 0.2) is 0 Å². The molecule has 2 aromatic carbocycles. The van der Waals surface area contributed by atoms with Crippen molar-refractivity contribution in [3.63, 3.8) is 0 Å². The van der Waals surface area contributed by atoms with E-state index in [2.05, 4.69) is 26.2 Å². The Hall–Kier alpha value is -3.14. The molecule has 39 heavy (non-hydrogen) atoms. The van der Waals surface area contributed by atoms with Gasteiger partial charge in [-0.05, 0) is 76.9 Å². The summed E-state index contributed by atoms with van der Waals surface area (Å²) in [4.78, 5) is 18.5. The van der Waals surface area contributed by atoms with Crippen LogP contribution in [0.25, 0.3) is 10.9 Å². The molecular formula is C29H35BrF2N4O3. The lowest BCUT2D eigenvalue weighted by molar-refractivity contribution is 0.0214. The average Bonchev–Trinajstić information content (AvgIpc) is 3.24. The number of pyridine rings is 1. The van der Waals surface area contributed by atoms with E-state index < -0.39 is 29.7 Å². The number of ether oxygens (including phenoxy) is 2. The van der Waals surface area contributed by atoms with Gasteiger partial charge in [0.1, 0.15) is 23.3 Å². The number of fused-ring (bicyclic) bond motifs is 1. The molecule has 1 aromatic heterocycles. The van der Waals surface area contributed by atoms with Crippen LogP contribution in [0.4, 0.5) is 25.0 Å². The average molecular weight is 606 g/mol. The van der Waals surface area contributed by atoms with E-state index in [1.165, 1.54) is 17.0 Å². The molecule has 3 N–H and O–H groups in total. The lowest BCUT2D eigenvalue weighted by Crippen LogP contribution is -2.37. The summed E-state index contributed by atoms with van der Waals surface area (Å²) in [7, 11) is 0. The van der Waals surface area contributed by atoms with Crippen molar-refractivity contribution in [1.29, 1.82) is 0 Å². The fourth-order valence-corrected chi connectivity index (χ4v) is 5.11. The quantitative estimate of drug-likeness (QED) is 0.260. The van der Waals surface area contributed by atoms with Gasteiger partial charge in [-0.15, -0.1) is 0 Å². The number of amides is 1. The number of nitrogens with one attached hydrogen (secondary N) is 1. The topological polar surface area (TPSA) is 89.7 Å². The molecule has 1 amide bonds. The highest BCUT2D eigenvalue weighted by Crippen LogP contribution is 2.40. The van der Waals surface area contributed by atoms with E-state index >= 15 is 0 Å². The van der Waals surface area contributed by atoms with Gasteiger partial charge in [-0.1, -0.05) is 15.9 Å². The highest BCUT2D eigenvalue weighted by molar-refractivity contribution is 9.10. The van der Waals surface area contributed by atoms with Gasteiger partial charge in [-0.2, -0.15) is 0 Å². The van der Waals surface area contributed by atoms with Crippen molar-refractivity contribution < 1.29 is 23.0 Å². The van der Waals surface area contributed by atoms with Gasteiger partial charge in [0.2, 0.25) is 0 Å². The number of nitrogens with two attached hydrogens (primary N) is 1. The van der Waals surface area contributed by atoms with Gasteiger partial charge in [0.25, 0.3) is 0 Å². The maximum Gasteiger partial charge on any atom is 0.410 e. The van der Waals surface area contributed by atoms with Crippen LogP contribution in [0, 0.1) is 5.82 Å². The molecule has 1 fully saturated rings. The zero-order valence-corrected chi connectivity index (χ0v) is 24.2. The molecule has 3 atom stereocenters. The van der Waals surface area contributed by atoms with E-state index in [4.69, 9.17) is 15.2 Å². The summed E-state index contributed by atoms with van der Waals surface area (Å²) in [6, 6.07) is 9.33. The number of anilines is 2. The maximum absolute atomic E-state index is 14.5. The molecule has 1 saturated heterocycles. The largest absolute Gasteiger partial charge is 0.490 e. The highest BCUT2D eigenvalue weighted by Gasteiger charge is 2.40. The van der Waals surface area contributed by atoms with Gasteiger partial charge in [0, 0.05) is 28.4 Å². The number of aromatic nitrogens is 1. The van der Waals surface area contributed by atoms with Crippen molar-refractivity contribution >= 4 is 44.3 Å². The van der Waals surface area contributed by atoms with Crippen molar-refractivity contribution in [3.05, 3.63) is 58.4 Å². The predicted octanol–water partition coefficient (Wildman–Crippen LogP) is 7.40. The minimum Gasteiger partial charge on any atom is -0.490 e. The number of carbonyl (C=O) groups excluding carboxylic acids is 1. The summed E-state index contributed by atoms with van der Waals surface area (Å²) in [5.74, 6) is -0.0480. The summed E-state index contributed by atoms with van der Waals surface area (Å²) in [5.41, 5.74) is 8.14. The van der Waals surface area contributed by atoms with Gasteiger partial charge < -0.3 is 20.5 Å². The third-order valence-electron chi connectivity index (χ3n) is 6.49. The number of rotatable bonds is 8. The summed E-state index contributed by atoms with van der Waals surface area (Å²) < 4.78 is 41.4. The Bertz CT molecular complexity index is 1330. The third kappa shape index (κ3) is 7.29. The Morgan fingerprint density at radius 2 is 2.05 bits per heavy atom. The molecule has 210 valence electrons. The van der Waals surface area contributed by atoms with Crippen LogP contribution in [-0.2, 0) is 4.74 Å². The lowest BCUT2D eigenvalue weighted by atomic mass is 10.0. The molecule has 4 rings (SSSR count). The van der Waals surface area contributed by atoms with Crippen LogP contribution in [0.5, 0.6) is 5.75 Å². The number of hydrogen-bond acceptors (Lipinski definition) is 6. The van der Waals surface area contributed by atoms with Crippen LogP contribution in [-0.4, -0.2) is 46.9 Å². The molecule has 10 heteroatoms. The molecule has 0 spiro atoms. The van der Waals surface area contributed by atoms with E-state index in [1.807, 2.05) is 25.1 Å². The van der Waals surface area contributed by atoms with E-state index in [1.54, 1.807) is 33.0 Å². The van der Waals surface area contributed by atoms with Crippen molar-refractivity contribution in [3.8, 4) is 5.75 Å². The smallest absolute Gasteiger partial charge is 0.410 e. The Kier molecular flexibility index (Phi) is 8.83. The molecule has 7 nitrogen and oxygen atoms in total. The second-order valence-corrected chi connectivity index (χ2v) is 11.8. The first kappa shape index (κ1) is 28.9. The van der Waals surface area contributed by atoms with Crippen LogP contribution < -0.4 is 15.8 Å². The number of alkyl halides is 1. The fraction of sp³-hybridized carbons (Fsp3) is 0.448. The summed E-state index contributed by atoms with van der Waals surface area (Å²) >= 11 is 3.50. The zero-order chi connectivity index (χ0) is 28.3. The minimum absolute atomic E-state index is 0.0504. The van der Waals surface area contributed by atoms with Gasteiger partial charge in [-0.3, -0.25) is 9.88 Å². The number of nitrogens with zero attached hydrogens (tertiary/aromatic N) is 2. The van der Waals surface area contributed by atoms with Gasteiger partial charge in [-0.25, -0.2) is 13.6 Å². The van der Waals surface area contributed by atoms with Crippen LogP contribution in [0.2, 0.25) is 0 Å². The molecular weight excluding hydrogens is 570 g/mol. The molecule has 1 aliphatic heterocycles. The Morgan fingerprint density at radius 1 is 1.28 bits per heavy atom. The maximum atomic E-state index is 14.5. The van der Waals surface area contributed by atoms with Gasteiger partial charge >= 0.3 is 6.09 Å². The molecule has 0 aliphatic carbocycles. The summed E-state index contributed by atoms with van der Waals surface area (Å²) in [6.45, 7) is 7.72. The Labute approximate surface area is 236 Å². The second-order valence-electron chi connectivity index (χ2n) is 10.9. The third-order valence-corrected chi connectivity index (χ3v) is 6.98. The molecule has 0 saturated carbocycles. The number of halogens is 3. The number of benzene rings is 2. The van der Waals surface area contributed by atoms with Crippen molar-refractivity contribution in [2.45, 2.75) is 70.9 Å². The molecule has 1 aliphatic rings. The zero-order valence-electron chi connectivity index (χ0n) is 22.6.